The summed E-state index contributed by atoms with van der Waals surface area (Å²) in [6, 6.07) is 12.3. The van der Waals surface area contributed by atoms with E-state index in [4.69, 9.17) is 4.74 Å². The van der Waals surface area contributed by atoms with E-state index in [-0.39, 0.29) is 17.9 Å². The summed E-state index contributed by atoms with van der Waals surface area (Å²) < 4.78 is 18.4. The van der Waals surface area contributed by atoms with Crippen molar-refractivity contribution in [2.45, 2.75) is 38.9 Å². The van der Waals surface area contributed by atoms with E-state index in [1.807, 2.05) is 25.1 Å². The highest BCUT2D eigenvalue weighted by Crippen LogP contribution is 2.30. The predicted octanol–water partition coefficient (Wildman–Crippen LogP) is 3.88. The van der Waals surface area contributed by atoms with E-state index < -0.39 is 0 Å². The number of fused-ring (bicyclic) bond motifs is 1. The summed E-state index contributed by atoms with van der Waals surface area (Å²) in [4.78, 5) is 14.4. The first kappa shape index (κ1) is 17.3. The molecule has 1 atom stereocenters. The van der Waals surface area contributed by atoms with Crippen molar-refractivity contribution >= 4 is 6.03 Å². The Morgan fingerprint density at radius 1 is 1.24 bits per heavy atom. The maximum Gasteiger partial charge on any atom is 0.318 e. The molecule has 1 unspecified atom stereocenters. The topological polar surface area (TPSA) is 41.6 Å². The Balaban J connectivity index is 1.62. The molecule has 0 saturated carbocycles. The molecule has 0 bridgehead atoms. The van der Waals surface area contributed by atoms with Crippen molar-refractivity contribution in [3.8, 4) is 5.75 Å². The van der Waals surface area contributed by atoms with Gasteiger partial charge >= 0.3 is 6.03 Å². The number of halogens is 1. The Kier molecular flexibility index (Phi) is 5.22. The average Bonchev–Trinajstić information content (AvgIpc) is 3.07. The zero-order valence-electron chi connectivity index (χ0n) is 14.6. The Morgan fingerprint density at radius 3 is 2.68 bits per heavy atom. The third-order valence-corrected chi connectivity index (χ3v) is 4.66. The number of ether oxygens (including phenoxy) is 1. The maximum absolute atomic E-state index is 13.0. The number of hydrogen-bond donors (Lipinski definition) is 1. The van der Waals surface area contributed by atoms with E-state index in [9.17, 15) is 9.18 Å². The molecule has 2 amide bonds. The van der Waals surface area contributed by atoms with Crippen LogP contribution in [-0.4, -0.2) is 24.1 Å². The van der Waals surface area contributed by atoms with E-state index in [0.717, 1.165) is 28.9 Å². The molecule has 0 saturated heterocycles. The van der Waals surface area contributed by atoms with Gasteiger partial charge in [0.15, 0.2) is 0 Å². The zero-order valence-corrected chi connectivity index (χ0v) is 14.6. The lowest BCUT2D eigenvalue weighted by Crippen LogP contribution is -2.43. The Labute approximate surface area is 147 Å². The number of amides is 2. The minimum Gasteiger partial charge on any atom is -0.496 e. The van der Waals surface area contributed by atoms with Gasteiger partial charge in [0.2, 0.25) is 0 Å². The van der Waals surface area contributed by atoms with Crippen LogP contribution in [-0.2, 0) is 19.5 Å². The number of carbonyl (C=O) groups is 1. The van der Waals surface area contributed by atoms with Crippen LogP contribution < -0.4 is 10.1 Å². The fourth-order valence-corrected chi connectivity index (χ4v) is 3.19. The Hall–Kier alpha value is -2.56. The van der Waals surface area contributed by atoms with Crippen LogP contribution in [0.25, 0.3) is 0 Å². The fraction of sp³-hybridized carbons (Fsp3) is 0.350. The molecule has 25 heavy (non-hydrogen) atoms. The number of methoxy groups -OCH3 is 1. The molecule has 2 aromatic carbocycles. The van der Waals surface area contributed by atoms with Gasteiger partial charge in [0.25, 0.3) is 0 Å². The summed E-state index contributed by atoms with van der Waals surface area (Å²) in [5.74, 6) is 0.579. The van der Waals surface area contributed by atoms with Gasteiger partial charge in [-0.2, -0.15) is 0 Å². The number of urea groups is 1. The summed E-state index contributed by atoms with van der Waals surface area (Å²) in [6.45, 7) is 3.18. The van der Waals surface area contributed by atoms with Gasteiger partial charge in [0, 0.05) is 18.2 Å². The molecule has 0 aliphatic carbocycles. The van der Waals surface area contributed by atoms with Crippen molar-refractivity contribution in [3.63, 3.8) is 0 Å². The Bertz CT molecular complexity index is 746. The van der Waals surface area contributed by atoms with Crippen LogP contribution in [0.1, 0.15) is 30.0 Å². The predicted molar refractivity (Wildman–Crippen MR) is 95.0 cm³/mol. The second-order valence-corrected chi connectivity index (χ2v) is 6.34. The lowest BCUT2D eigenvalue weighted by atomic mass is 10.0. The van der Waals surface area contributed by atoms with Crippen LogP contribution in [0.3, 0.4) is 0 Å². The van der Waals surface area contributed by atoms with Crippen LogP contribution in [0, 0.1) is 5.82 Å². The van der Waals surface area contributed by atoms with E-state index in [0.29, 0.717) is 19.5 Å². The maximum atomic E-state index is 13.0. The molecule has 3 rings (SSSR count). The number of nitrogens with one attached hydrogen (secondary N) is 1. The normalized spacial score (nSPS) is 14.1. The van der Waals surface area contributed by atoms with Gasteiger partial charge in [-0.25, -0.2) is 9.18 Å². The average molecular weight is 342 g/mol. The van der Waals surface area contributed by atoms with Crippen molar-refractivity contribution < 1.29 is 13.9 Å². The summed E-state index contributed by atoms with van der Waals surface area (Å²) in [5.41, 5.74) is 3.22. The summed E-state index contributed by atoms with van der Waals surface area (Å²) in [6.07, 6.45) is 1.50. The van der Waals surface area contributed by atoms with Crippen LogP contribution in [0.4, 0.5) is 9.18 Å². The first-order chi connectivity index (χ1) is 12.1. The van der Waals surface area contributed by atoms with Crippen LogP contribution in [0.15, 0.2) is 42.5 Å². The van der Waals surface area contributed by atoms with Gasteiger partial charge in [0.05, 0.1) is 13.7 Å². The van der Waals surface area contributed by atoms with E-state index in [1.54, 1.807) is 24.1 Å². The molecule has 132 valence electrons. The minimum absolute atomic E-state index is 0.0172. The molecule has 1 N–H and O–H groups in total. The second kappa shape index (κ2) is 7.55. The first-order valence-corrected chi connectivity index (χ1v) is 8.55. The van der Waals surface area contributed by atoms with Crippen molar-refractivity contribution in [1.29, 1.82) is 0 Å². The molecular formula is C20H23FN2O2. The molecule has 2 aromatic rings. The third kappa shape index (κ3) is 3.92. The van der Waals surface area contributed by atoms with Gasteiger partial charge in [-0.05, 0) is 42.2 Å². The zero-order chi connectivity index (χ0) is 17.8. The lowest BCUT2D eigenvalue weighted by Gasteiger charge is -2.22. The SMILES string of the molecule is CCC(Cc1ccc(F)cc1)NC(=O)N1Cc2cccc(OC)c2C1. The number of rotatable bonds is 5. The highest BCUT2D eigenvalue weighted by Gasteiger charge is 2.26. The number of nitrogens with zero attached hydrogens (tertiary/aromatic N) is 1. The van der Waals surface area contributed by atoms with Gasteiger partial charge in [-0.15, -0.1) is 0 Å². The van der Waals surface area contributed by atoms with E-state index >= 15 is 0 Å². The first-order valence-electron chi connectivity index (χ1n) is 8.55. The molecule has 4 nitrogen and oxygen atoms in total. The standard InChI is InChI=1S/C20H23FN2O2/c1-3-17(11-14-7-9-16(21)10-8-14)22-20(24)23-12-15-5-4-6-19(25-2)18(15)13-23/h4-10,17H,3,11-13H2,1-2H3,(H,22,24). The fourth-order valence-electron chi connectivity index (χ4n) is 3.19. The molecule has 0 spiro atoms. The summed E-state index contributed by atoms with van der Waals surface area (Å²) >= 11 is 0. The summed E-state index contributed by atoms with van der Waals surface area (Å²) in [5, 5.41) is 3.10. The Morgan fingerprint density at radius 2 is 2.00 bits per heavy atom. The van der Waals surface area contributed by atoms with Gasteiger partial charge in [-0.1, -0.05) is 31.2 Å². The van der Waals surface area contributed by atoms with Crippen molar-refractivity contribution in [2.75, 3.05) is 7.11 Å². The molecule has 5 heteroatoms. The quantitative estimate of drug-likeness (QED) is 0.896. The van der Waals surface area contributed by atoms with Crippen molar-refractivity contribution in [1.82, 2.24) is 10.2 Å². The molecule has 1 aliphatic heterocycles. The second-order valence-electron chi connectivity index (χ2n) is 6.34. The lowest BCUT2D eigenvalue weighted by molar-refractivity contribution is 0.193. The number of hydrogen-bond acceptors (Lipinski definition) is 2. The minimum atomic E-state index is -0.246. The van der Waals surface area contributed by atoms with Crippen molar-refractivity contribution in [2.24, 2.45) is 0 Å². The van der Waals surface area contributed by atoms with Crippen LogP contribution in [0.2, 0.25) is 0 Å². The van der Waals surface area contributed by atoms with Crippen LogP contribution in [0.5, 0.6) is 5.75 Å². The van der Waals surface area contributed by atoms with Gasteiger partial charge in [-0.3, -0.25) is 0 Å². The number of benzene rings is 2. The molecule has 0 aromatic heterocycles. The molecule has 0 radical (unpaired) electrons. The smallest absolute Gasteiger partial charge is 0.318 e. The van der Waals surface area contributed by atoms with Crippen LogP contribution >= 0.6 is 0 Å². The van der Waals surface area contributed by atoms with Gasteiger partial charge < -0.3 is 15.0 Å². The van der Waals surface area contributed by atoms with E-state index in [1.165, 1.54) is 12.1 Å². The summed E-state index contributed by atoms with van der Waals surface area (Å²) in [7, 11) is 1.65. The third-order valence-electron chi connectivity index (χ3n) is 4.66. The molecule has 0 fully saturated rings. The molecule has 1 heterocycles. The number of carbonyl (C=O) groups excluding carboxylic acids is 1. The monoisotopic (exact) mass is 342 g/mol. The molecular weight excluding hydrogens is 319 g/mol. The largest absolute Gasteiger partial charge is 0.496 e. The van der Waals surface area contributed by atoms with Gasteiger partial charge in [0.1, 0.15) is 11.6 Å². The van der Waals surface area contributed by atoms with Crippen molar-refractivity contribution in [3.05, 3.63) is 65.0 Å². The highest BCUT2D eigenvalue weighted by atomic mass is 19.1. The van der Waals surface area contributed by atoms with E-state index in [2.05, 4.69) is 5.32 Å². The molecule has 1 aliphatic rings. The highest BCUT2D eigenvalue weighted by molar-refractivity contribution is 5.75.